The lowest BCUT2D eigenvalue weighted by Gasteiger charge is -2.41. The molecule has 0 saturated carbocycles. The second kappa shape index (κ2) is 6.78. The van der Waals surface area contributed by atoms with Gasteiger partial charge in [0.25, 0.3) is 0 Å². The van der Waals surface area contributed by atoms with Gasteiger partial charge in [-0.1, -0.05) is 26.0 Å². The Labute approximate surface area is 141 Å². The van der Waals surface area contributed by atoms with E-state index >= 15 is 0 Å². The van der Waals surface area contributed by atoms with Crippen molar-refractivity contribution in [2.24, 2.45) is 17.3 Å². The number of carbonyl (C=O) groups excluding carboxylic acids is 3. The van der Waals surface area contributed by atoms with E-state index in [2.05, 4.69) is 5.32 Å². The van der Waals surface area contributed by atoms with Gasteiger partial charge in [0.15, 0.2) is 5.11 Å². The maximum atomic E-state index is 12.9. The Balaban J connectivity index is 2.31. The molecule has 0 aromatic carbocycles. The van der Waals surface area contributed by atoms with Crippen LogP contribution in [0.5, 0.6) is 0 Å². The van der Waals surface area contributed by atoms with Gasteiger partial charge in [-0.2, -0.15) is 0 Å². The molecule has 2 aliphatic rings. The Kier molecular flexibility index (Phi) is 5.19. The SMILES string of the molecule is CC(C)COC(=O)CC1(C2C=CCC2)C(=O)NC(=S)N(C)C1=O. The van der Waals surface area contributed by atoms with Gasteiger partial charge in [-0.25, -0.2) is 0 Å². The number of ether oxygens (including phenoxy) is 1. The van der Waals surface area contributed by atoms with Crippen LogP contribution in [0.4, 0.5) is 0 Å². The minimum atomic E-state index is -1.47. The lowest BCUT2D eigenvalue weighted by molar-refractivity contribution is -0.162. The summed E-state index contributed by atoms with van der Waals surface area (Å²) in [7, 11) is 1.51. The molecule has 6 nitrogen and oxygen atoms in total. The van der Waals surface area contributed by atoms with Gasteiger partial charge < -0.3 is 10.1 Å². The van der Waals surface area contributed by atoms with Crippen LogP contribution in [-0.4, -0.2) is 41.5 Å². The Bertz CT molecular complexity index is 572. The molecule has 2 rings (SSSR count). The average molecular weight is 338 g/mol. The number of nitrogens with zero attached hydrogens (tertiary/aromatic N) is 1. The van der Waals surface area contributed by atoms with E-state index in [4.69, 9.17) is 17.0 Å². The van der Waals surface area contributed by atoms with E-state index in [-0.39, 0.29) is 30.0 Å². The fourth-order valence-electron chi connectivity index (χ4n) is 2.98. The lowest BCUT2D eigenvalue weighted by Crippen LogP contribution is -2.65. The molecule has 0 spiro atoms. The quantitative estimate of drug-likeness (QED) is 0.355. The average Bonchev–Trinajstić information content (AvgIpc) is 3.02. The van der Waals surface area contributed by atoms with E-state index < -0.39 is 23.2 Å². The minimum Gasteiger partial charge on any atom is -0.465 e. The Morgan fingerprint density at radius 2 is 2.22 bits per heavy atom. The van der Waals surface area contributed by atoms with Crippen LogP contribution in [0.25, 0.3) is 0 Å². The highest BCUT2D eigenvalue weighted by Gasteiger charge is 2.57. The highest BCUT2D eigenvalue weighted by atomic mass is 32.1. The summed E-state index contributed by atoms with van der Waals surface area (Å²) in [5.74, 6) is -1.63. The summed E-state index contributed by atoms with van der Waals surface area (Å²) in [4.78, 5) is 39.0. The van der Waals surface area contributed by atoms with E-state index in [1.54, 1.807) is 0 Å². The highest BCUT2D eigenvalue weighted by molar-refractivity contribution is 7.80. The monoisotopic (exact) mass is 338 g/mol. The molecule has 1 aliphatic carbocycles. The first-order chi connectivity index (χ1) is 10.8. The number of thiocarbonyl (C=S) groups is 1. The van der Waals surface area contributed by atoms with E-state index in [0.717, 1.165) is 6.42 Å². The molecule has 1 aliphatic heterocycles. The van der Waals surface area contributed by atoms with Crippen LogP contribution in [0, 0.1) is 17.3 Å². The van der Waals surface area contributed by atoms with E-state index in [1.807, 2.05) is 26.0 Å². The molecule has 23 heavy (non-hydrogen) atoms. The summed E-state index contributed by atoms with van der Waals surface area (Å²) in [6.07, 6.45) is 4.93. The van der Waals surface area contributed by atoms with Crippen molar-refractivity contribution in [1.29, 1.82) is 0 Å². The van der Waals surface area contributed by atoms with Crippen molar-refractivity contribution in [3.8, 4) is 0 Å². The molecule has 1 saturated heterocycles. The van der Waals surface area contributed by atoms with Crippen molar-refractivity contribution in [2.45, 2.75) is 33.1 Å². The number of amides is 2. The maximum absolute atomic E-state index is 12.9. The minimum absolute atomic E-state index is 0.0631. The molecule has 0 bridgehead atoms. The molecule has 0 aromatic rings. The van der Waals surface area contributed by atoms with Crippen molar-refractivity contribution in [2.75, 3.05) is 13.7 Å². The van der Waals surface area contributed by atoms with Crippen LogP contribution >= 0.6 is 12.2 Å². The molecule has 1 N–H and O–H groups in total. The first-order valence-electron chi connectivity index (χ1n) is 7.75. The molecule has 2 unspecified atom stereocenters. The van der Waals surface area contributed by atoms with Crippen LogP contribution < -0.4 is 5.32 Å². The number of allylic oxidation sites excluding steroid dienone is 2. The molecule has 1 heterocycles. The third-order valence-corrected chi connectivity index (χ3v) is 4.64. The number of nitrogens with one attached hydrogen (secondary N) is 1. The third-order valence-electron chi connectivity index (χ3n) is 4.26. The van der Waals surface area contributed by atoms with Gasteiger partial charge in [-0.3, -0.25) is 19.3 Å². The second-order valence-electron chi connectivity index (χ2n) is 6.46. The lowest BCUT2D eigenvalue weighted by atomic mass is 9.69. The van der Waals surface area contributed by atoms with E-state index in [0.29, 0.717) is 6.42 Å². The van der Waals surface area contributed by atoms with Crippen molar-refractivity contribution >= 4 is 35.1 Å². The Morgan fingerprint density at radius 3 is 2.78 bits per heavy atom. The molecule has 7 heteroatoms. The molecule has 126 valence electrons. The smallest absolute Gasteiger partial charge is 0.307 e. The number of carbonyl (C=O) groups is 3. The van der Waals surface area contributed by atoms with Crippen molar-refractivity contribution in [3.05, 3.63) is 12.2 Å². The van der Waals surface area contributed by atoms with Crippen LogP contribution in [0.1, 0.15) is 33.1 Å². The van der Waals surface area contributed by atoms with Crippen LogP contribution in [0.3, 0.4) is 0 Å². The maximum Gasteiger partial charge on any atom is 0.307 e. The summed E-state index contributed by atoms with van der Waals surface area (Å²) in [6.45, 7) is 4.11. The molecule has 0 radical (unpaired) electrons. The van der Waals surface area contributed by atoms with Gasteiger partial charge in [0.2, 0.25) is 11.8 Å². The van der Waals surface area contributed by atoms with Crippen molar-refractivity contribution in [3.63, 3.8) is 0 Å². The molecule has 2 amide bonds. The number of rotatable bonds is 5. The Morgan fingerprint density at radius 1 is 1.52 bits per heavy atom. The Hall–Kier alpha value is -1.76. The van der Waals surface area contributed by atoms with Gasteiger partial charge in [0.05, 0.1) is 13.0 Å². The fourth-order valence-corrected chi connectivity index (χ4v) is 3.15. The first kappa shape index (κ1) is 17.6. The number of hydrogen-bond donors (Lipinski definition) is 1. The van der Waals surface area contributed by atoms with Crippen LogP contribution in [0.2, 0.25) is 0 Å². The topological polar surface area (TPSA) is 75.7 Å². The number of hydrogen-bond acceptors (Lipinski definition) is 5. The predicted octanol–water partition coefficient (Wildman–Crippen LogP) is 1.40. The molecule has 2 atom stereocenters. The first-order valence-corrected chi connectivity index (χ1v) is 8.15. The summed E-state index contributed by atoms with van der Waals surface area (Å²) in [5, 5.41) is 2.62. The van der Waals surface area contributed by atoms with E-state index in [9.17, 15) is 14.4 Å². The summed E-state index contributed by atoms with van der Waals surface area (Å²) < 4.78 is 5.20. The standard InChI is InChI=1S/C16H22N2O4S/c1-10(2)9-22-12(19)8-16(11-6-4-5-7-11)13(20)17-15(23)18(3)14(16)21/h4,6,10-11H,5,7-9H2,1-3H3,(H,17,20,23). The predicted molar refractivity (Wildman–Crippen MR) is 88.2 cm³/mol. The van der Waals surface area contributed by atoms with E-state index in [1.165, 1.54) is 11.9 Å². The van der Waals surface area contributed by atoms with Gasteiger partial charge in [-0.15, -0.1) is 0 Å². The van der Waals surface area contributed by atoms with Crippen molar-refractivity contribution in [1.82, 2.24) is 10.2 Å². The highest BCUT2D eigenvalue weighted by Crippen LogP contribution is 2.42. The zero-order chi connectivity index (χ0) is 17.2. The van der Waals surface area contributed by atoms with Crippen LogP contribution in [-0.2, 0) is 19.1 Å². The third kappa shape index (κ3) is 3.29. The van der Waals surface area contributed by atoms with Crippen molar-refractivity contribution < 1.29 is 19.1 Å². The van der Waals surface area contributed by atoms with Gasteiger partial charge in [0, 0.05) is 13.0 Å². The normalized spacial score (nSPS) is 27.6. The molecular formula is C16H22N2O4S. The zero-order valence-corrected chi connectivity index (χ0v) is 14.4. The van der Waals surface area contributed by atoms with Crippen LogP contribution in [0.15, 0.2) is 12.2 Å². The summed E-state index contributed by atoms with van der Waals surface area (Å²) in [6, 6.07) is 0. The van der Waals surface area contributed by atoms with Gasteiger partial charge >= 0.3 is 5.97 Å². The fraction of sp³-hybridized carbons (Fsp3) is 0.625. The molecular weight excluding hydrogens is 316 g/mol. The second-order valence-corrected chi connectivity index (χ2v) is 6.85. The van der Waals surface area contributed by atoms with Gasteiger partial charge in [0.1, 0.15) is 5.41 Å². The number of esters is 1. The summed E-state index contributed by atoms with van der Waals surface area (Å²) in [5.41, 5.74) is -1.47. The largest absolute Gasteiger partial charge is 0.465 e. The molecule has 1 fully saturated rings. The van der Waals surface area contributed by atoms with Gasteiger partial charge in [-0.05, 0) is 31.0 Å². The molecule has 0 aromatic heterocycles. The zero-order valence-electron chi connectivity index (χ0n) is 13.6. The summed E-state index contributed by atoms with van der Waals surface area (Å²) >= 11 is 5.00.